The minimum Gasteiger partial charge on any atom is -0.508 e. The smallest absolute Gasteiger partial charge is 0.268 e. The molecule has 1 fully saturated rings. The van der Waals surface area contributed by atoms with Crippen molar-refractivity contribution in [3.63, 3.8) is 0 Å². The molecule has 0 aromatic heterocycles. The van der Waals surface area contributed by atoms with Crippen LogP contribution in [-0.4, -0.2) is 58.9 Å². The van der Waals surface area contributed by atoms with E-state index in [-0.39, 0.29) is 22.9 Å². The number of nitrogens with zero attached hydrogens (tertiary/aromatic N) is 2. The molecule has 1 N–H and O–H groups in total. The van der Waals surface area contributed by atoms with Gasteiger partial charge < -0.3 is 19.3 Å². The van der Waals surface area contributed by atoms with E-state index < -0.39 is 10.0 Å². The molecule has 0 atom stereocenters. The number of hydrogen-bond donors (Lipinski definition) is 1. The Hall–Kier alpha value is -3.43. The SMILES string of the molecule is COc1ccc(OC)c(S(=O)(=O)N(Cc2ccc(O)cc2)c2ccc(OCCN3CCCC3)cc2)c1. The lowest BCUT2D eigenvalue weighted by atomic mass is 10.2. The third-order valence-electron chi connectivity index (χ3n) is 6.20. The van der Waals surface area contributed by atoms with Crippen molar-refractivity contribution in [1.29, 1.82) is 0 Å². The van der Waals surface area contributed by atoms with Crippen molar-refractivity contribution in [3.8, 4) is 23.0 Å². The molecule has 3 aromatic carbocycles. The number of phenols is 1. The molecule has 0 amide bonds. The molecule has 36 heavy (non-hydrogen) atoms. The van der Waals surface area contributed by atoms with Gasteiger partial charge in [0.15, 0.2) is 0 Å². The monoisotopic (exact) mass is 512 g/mol. The second-order valence-corrected chi connectivity index (χ2v) is 10.4. The molecule has 0 saturated carbocycles. The summed E-state index contributed by atoms with van der Waals surface area (Å²) in [5, 5.41) is 9.66. The lowest BCUT2D eigenvalue weighted by Crippen LogP contribution is -2.31. The van der Waals surface area contributed by atoms with Crippen LogP contribution < -0.4 is 18.5 Å². The van der Waals surface area contributed by atoms with Crippen LogP contribution in [0.25, 0.3) is 0 Å². The Labute approximate surface area is 212 Å². The molecule has 0 unspecified atom stereocenters. The molecule has 0 bridgehead atoms. The molecule has 9 heteroatoms. The van der Waals surface area contributed by atoms with E-state index in [9.17, 15) is 13.5 Å². The van der Waals surface area contributed by atoms with Crippen LogP contribution in [0, 0.1) is 0 Å². The zero-order valence-electron chi connectivity index (χ0n) is 20.6. The highest BCUT2D eigenvalue weighted by atomic mass is 32.2. The second-order valence-electron chi connectivity index (χ2n) is 8.59. The van der Waals surface area contributed by atoms with Crippen LogP contribution in [0.1, 0.15) is 18.4 Å². The summed E-state index contributed by atoms with van der Waals surface area (Å²) in [7, 11) is -1.15. The highest BCUT2D eigenvalue weighted by Crippen LogP contribution is 2.34. The van der Waals surface area contributed by atoms with Crippen LogP contribution >= 0.6 is 0 Å². The van der Waals surface area contributed by atoms with E-state index in [0.717, 1.165) is 19.6 Å². The number of rotatable bonds is 11. The van der Waals surface area contributed by atoms with Gasteiger partial charge in [-0.05, 0) is 80.0 Å². The van der Waals surface area contributed by atoms with Crippen LogP contribution in [0.4, 0.5) is 5.69 Å². The van der Waals surface area contributed by atoms with Crippen LogP contribution in [0.15, 0.2) is 71.6 Å². The van der Waals surface area contributed by atoms with Crippen LogP contribution in [-0.2, 0) is 16.6 Å². The van der Waals surface area contributed by atoms with E-state index in [1.807, 2.05) is 0 Å². The molecule has 192 valence electrons. The van der Waals surface area contributed by atoms with Crippen molar-refractivity contribution in [2.45, 2.75) is 24.3 Å². The second kappa shape index (κ2) is 11.5. The van der Waals surface area contributed by atoms with Gasteiger partial charge in [-0.3, -0.25) is 9.21 Å². The van der Waals surface area contributed by atoms with Gasteiger partial charge in [-0.15, -0.1) is 0 Å². The van der Waals surface area contributed by atoms with Gasteiger partial charge in [0.1, 0.15) is 34.5 Å². The maximum atomic E-state index is 14.0. The van der Waals surface area contributed by atoms with E-state index in [2.05, 4.69) is 4.90 Å². The number of anilines is 1. The van der Waals surface area contributed by atoms with Crippen molar-refractivity contribution in [2.24, 2.45) is 0 Å². The molecule has 4 rings (SSSR count). The van der Waals surface area contributed by atoms with E-state index >= 15 is 0 Å². The zero-order valence-corrected chi connectivity index (χ0v) is 21.4. The third-order valence-corrected chi connectivity index (χ3v) is 8.00. The summed E-state index contributed by atoms with van der Waals surface area (Å²) < 4.78 is 45.8. The van der Waals surface area contributed by atoms with Crippen molar-refractivity contribution in [2.75, 3.05) is 44.8 Å². The molecule has 3 aromatic rings. The molecule has 1 heterocycles. The molecular formula is C27H32N2O6S. The summed E-state index contributed by atoms with van der Waals surface area (Å²) in [6.07, 6.45) is 2.47. The summed E-state index contributed by atoms with van der Waals surface area (Å²) in [6.45, 7) is 3.73. The maximum absolute atomic E-state index is 14.0. The summed E-state index contributed by atoms with van der Waals surface area (Å²) in [6, 6.07) is 18.1. The molecule has 0 spiro atoms. The van der Waals surface area contributed by atoms with Gasteiger partial charge in [0.05, 0.1) is 26.5 Å². The lowest BCUT2D eigenvalue weighted by molar-refractivity contribution is 0.238. The van der Waals surface area contributed by atoms with Crippen molar-refractivity contribution in [1.82, 2.24) is 4.90 Å². The van der Waals surface area contributed by atoms with Crippen LogP contribution in [0.5, 0.6) is 23.0 Å². The summed E-state index contributed by atoms with van der Waals surface area (Å²) >= 11 is 0. The van der Waals surface area contributed by atoms with Crippen molar-refractivity contribution < 1.29 is 27.7 Å². The number of phenolic OH excluding ortho intramolecular Hbond substituents is 1. The van der Waals surface area contributed by atoms with Crippen molar-refractivity contribution in [3.05, 3.63) is 72.3 Å². The topological polar surface area (TPSA) is 88.5 Å². The molecule has 1 aliphatic rings. The Balaban J connectivity index is 1.63. The lowest BCUT2D eigenvalue weighted by Gasteiger charge is -2.26. The number of sulfonamides is 1. The van der Waals surface area contributed by atoms with E-state index in [0.29, 0.717) is 29.4 Å². The largest absolute Gasteiger partial charge is 0.508 e. The molecule has 1 aliphatic heterocycles. The molecule has 0 aliphatic carbocycles. The Morgan fingerprint density at radius 1 is 0.889 bits per heavy atom. The van der Waals surface area contributed by atoms with Gasteiger partial charge in [0, 0.05) is 12.6 Å². The highest BCUT2D eigenvalue weighted by molar-refractivity contribution is 7.93. The summed E-state index contributed by atoms with van der Waals surface area (Å²) in [5.74, 6) is 1.41. The fourth-order valence-corrected chi connectivity index (χ4v) is 5.82. The first kappa shape index (κ1) is 25.7. The molecular weight excluding hydrogens is 480 g/mol. The fraction of sp³-hybridized carbons (Fsp3) is 0.333. The van der Waals surface area contributed by atoms with Gasteiger partial charge in [0.25, 0.3) is 10.0 Å². The molecule has 8 nitrogen and oxygen atoms in total. The number of benzene rings is 3. The van der Waals surface area contributed by atoms with E-state index in [1.54, 1.807) is 48.5 Å². The normalized spacial score (nSPS) is 13.9. The fourth-order valence-electron chi connectivity index (χ4n) is 4.19. The zero-order chi connectivity index (χ0) is 25.5. The van der Waals surface area contributed by atoms with Gasteiger partial charge in [-0.2, -0.15) is 0 Å². The number of likely N-dealkylation sites (tertiary alicyclic amines) is 1. The highest BCUT2D eigenvalue weighted by Gasteiger charge is 2.29. The Bertz CT molecular complexity index is 1240. The predicted molar refractivity (Wildman–Crippen MR) is 139 cm³/mol. The summed E-state index contributed by atoms with van der Waals surface area (Å²) in [5.41, 5.74) is 1.18. The van der Waals surface area contributed by atoms with Gasteiger partial charge in [-0.1, -0.05) is 12.1 Å². The van der Waals surface area contributed by atoms with E-state index in [1.165, 1.54) is 49.6 Å². The quantitative estimate of drug-likeness (QED) is 0.410. The van der Waals surface area contributed by atoms with Crippen LogP contribution in [0.3, 0.4) is 0 Å². The Kier molecular flexibility index (Phi) is 8.22. The van der Waals surface area contributed by atoms with Crippen LogP contribution in [0.2, 0.25) is 0 Å². The average Bonchev–Trinajstić information content (AvgIpc) is 3.42. The van der Waals surface area contributed by atoms with Gasteiger partial charge in [-0.25, -0.2) is 8.42 Å². The van der Waals surface area contributed by atoms with Gasteiger partial charge in [0.2, 0.25) is 0 Å². The van der Waals surface area contributed by atoms with Crippen molar-refractivity contribution >= 4 is 15.7 Å². The van der Waals surface area contributed by atoms with Gasteiger partial charge >= 0.3 is 0 Å². The minimum atomic E-state index is -4.06. The number of ether oxygens (including phenoxy) is 3. The number of methoxy groups -OCH3 is 2. The first-order valence-corrected chi connectivity index (χ1v) is 13.3. The first-order valence-electron chi connectivity index (χ1n) is 11.9. The number of hydrogen-bond acceptors (Lipinski definition) is 7. The minimum absolute atomic E-state index is 0.00549. The Morgan fingerprint density at radius 3 is 2.19 bits per heavy atom. The first-order chi connectivity index (χ1) is 17.4. The standard InChI is InChI=1S/C27H32N2O6S/c1-33-25-13-14-26(34-2)27(19-25)36(31,32)29(20-21-5-9-23(30)10-6-21)22-7-11-24(12-8-22)35-18-17-28-15-3-4-16-28/h5-14,19,30H,3-4,15-18,20H2,1-2H3. The summed E-state index contributed by atoms with van der Waals surface area (Å²) in [4.78, 5) is 2.37. The third kappa shape index (κ3) is 6.03. The molecule has 1 saturated heterocycles. The number of aromatic hydroxyl groups is 1. The van der Waals surface area contributed by atoms with E-state index in [4.69, 9.17) is 14.2 Å². The molecule has 0 radical (unpaired) electrons. The Morgan fingerprint density at radius 2 is 1.56 bits per heavy atom. The predicted octanol–water partition coefficient (Wildman–Crippen LogP) is 4.28. The average molecular weight is 513 g/mol. The maximum Gasteiger partial charge on any atom is 0.268 e.